The lowest BCUT2D eigenvalue weighted by molar-refractivity contribution is 0.983. The minimum absolute atomic E-state index is 0.152. The number of hydrogen-bond acceptors (Lipinski definition) is 2. The Morgan fingerprint density at radius 1 is 1.62 bits per heavy atom. The molecule has 0 unspecified atom stereocenters. The van der Waals surface area contributed by atoms with Gasteiger partial charge in [-0.15, -0.1) is 0 Å². The van der Waals surface area contributed by atoms with Gasteiger partial charge in [0.15, 0.2) is 0 Å². The zero-order valence-electron chi connectivity index (χ0n) is 6.80. The number of nitrogens with zero attached hydrogens (tertiary/aromatic N) is 1. The van der Waals surface area contributed by atoms with Crippen molar-refractivity contribution >= 4 is 15.9 Å². The topological polar surface area (TPSA) is 56.6 Å². The van der Waals surface area contributed by atoms with Crippen molar-refractivity contribution in [2.75, 3.05) is 0 Å². The molecule has 1 aromatic rings. The number of hydrogen-bond donors (Lipinski definition) is 1. The van der Waals surface area contributed by atoms with Crippen LogP contribution in [0, 0.1) is 11.3 Å². The molecule has 0 saturated heterocycles. The summed E-state index contributed by atoms with van der Waals surface area (Å²) in [7, 11) is 0. The van der Waals surface area contributed by atoms with Crippen molar-refractivity contribution in [2.24, 2.45) is 0 Å². The Kier molecular flexibility index (Phi) is 1.97. The lowest BCUT2D eigenvalue weighted by Crippen LogP contribution is -2.10. The number of aromatic amines is 1. The second-order valence-electron chi connectivity index (χ2n) is 3.16. The number of halogens is 1. The molecule has 1 N–H and O–H groups in total. The largest absolute Gasteiger partial charge is 0.324 e. The molecule has 66 valence electrons. The molecule has 1 fully saturated rings. The molecule has 0 aliphatic heterocycles. The highest BCUT2D eigenvalue weighted by atomic mass is 79.9. The predicted molar refractivity (Wildman–Crippen MR) is 51.5 cm³/mol. The van der Waals surface area contributed by atoms with E-state index in [-0.39, 0.29) is 5.56 Å². The van der Waals surface area contributed by atoms with Gasteiger partial charge in [-0.25, -0.2) is 0 Å². The summed E-state index contributed by atoms with van der Waals surface area (Å²) in [5, 5.41) is 8.82. The van der Waals surface area contributed by atoms with E-state index in [2.05, 4.69) is 27.0 Å². The van der Waals surface area contributed by atoms with Gasteiger partial charge in [0.25, 0.3) is 5.56 Å². The molecule has 1 aliphatic carbocycles. The van der Waals surface area contributed by atoms with Crippen molar-refractivity contribution in [1.82, 2.24) is 4.98 Å². The van der Waals surface area contributed by atoms with E-state index < -0.39 is 0 Å². The summed E-state index contributed by atoms with van der Waals surface area (Å²) in [6.07, 6.45) is 2.15. The van der Waals surface area contributed by atoms with Crippen molar-refractivity contribution in [3.8, 4) is 6.07 Å². The van der Waals surface area contributed by atoms with Crippen molar-refractivity contribution in [2.45, 2.75) is 18.8 Å². The molecule has 1 saturated carbocycles. The molecular formula is C9H7BrN2O. The minimum atomic E-state index is -0.152. The maximum atomic E-state index is 11.2. The first-order chi connectivity index (χ1) is 6.22. The minimum Gasteiger partial charge on any atom is -0.324 e. The molecule has 0 aromatic carbocycles. The van der Waals surface area contributed by atoms with E-state index in [4.69, 9.17) is 5.26 Å². The van der Waals surface area contributed by atoms with Crippen LogP contribution < -0.4 is 5.56 Å². The van der Waals surface area contributed by atoms with E-state index in [0.29, 0.717) is 16.0 Å². The number of pyridine rings is 1. The molecule has 0 bridgehead atoms. The molecule has 4 heteroatoms. The SMILES string of the molecule is N#Cc1cc(Br)c(=O)[nH]c1C1CC1. The predicted octanol–water partition coefficient (Wildman–Crippen LogP) is 1.89. The van der Waals surface area contributed by atoms with Gasteiger partial charge in [0, 0.05) is 11.6 Å². The van der Waals surface area contributed by atoms with Gasteiger partial charge in [-0.2, -0.15) is 5.26 Å². The Bertz CT molecular complexity index is 440. The van der Waals surface area contributed by atoms with Gasteiger partial charge in [0.1, 0.15) is 6.07 Å². The second-order valence-corrected chi connectivity index (χ2v) is 4.01. The summed E-state index contributed by atoms with van der Waals surface area (Å²) in [6, 6.07) is 3.67. The van der Waals surface area contributed by atoms with E-state index in [9.17, 15) is 4.79 Å². The fraction of sp³-hybridized carbons (Fsp3) is 0.333. The molecule has 0 atom stereocenters. The standard InChI is InChI=1S/C9H7BrN2O/c10-7-3-6(4-11)8(5-1-2-5)12-9(7)13/h3,5H,1-2H2,(H,12,13). The molecule has 3 nitrogen and oxygen atoms in total. The van der Waals surface area contributed by atoms with Crippen LogP contribution in [-0.2, 0) is 0 Å². The molecule has 1 heterocycles. The molecule has 0 amide bonds. The van der Waals surface area contributed by atoms with Crippen LogP contribution in [0.25, 0.3) is 0 Å². The average Bonchev–Trinajstić information content (AvgIpc) is 2.92. The van der Waals surface area contributed by atoms with Crippen LogP contribution in [0.3, 0.4) is 0 Å². The van der Waals surface area contributed by atoms with Crippen LogP contribution >= 0.6 is 15.9 Å². The summed E-state index contributed by atoms with van der Waals surface area (Å²) < 4.78 is 0.424. The van der Waals surface area contributed by atoms with Gasteiger partial charge >= 0.3 is 0 Å². The van der Waals surface area contributed by atoms with Gasteiger partial charge in [-0.1, -0.05) is 0 Å². The lowest BCUT2D eigenvalue weighted by Gasteiger charge is -2.00. The van der Waals surface area contributed by atoms with Crippen LogP contribution in [0.15, 0.2) is 15.3 Å². The third-order valence-electron chi connectivity index (χ3n) is 2.13. The summed E-state index contributed by atoms with van der Waals surface area (Å²) >= 11 is 3.10. The highest BCUT2D eigenvalue weighted by molar-refractivity contribution is 9.10. The fourth-order valence-electron chi connectivity index (χ4n) is 1.31. The van der Waals surface area contributed by atoms with Crippen molar-refractivity contribution < 1.29 is 0 Å². The number of rotatable bonds is 1. The lowest BCUT2D eigenvalue weighted by atomic mass is 10.1. The van der Waals surface area contributed by atoms with Crippen molar-refractivity contribution in [3.05, 3.63) is 32.2 Å². The van der Waals surface area contributed by atoms with Gasteiger partial charge in [0.05, 0.1) is 10.0 Å². The van der Waals surface area contributed by atoms with Gasteiger partial charge < -0.3 is 4.98 Å². The van der Waals surface area contributed by atoms with E-state index in [1.54, 1.807) is 6.07 Å². The first-order valence-electron chi connectivity index (χ1n) is 4.05. The normalized spacial score (nSPS) is 15.4. The summed E-state index contributed by atoms with van der Waals surface area (Å²) in [5.41, 5.74) is 1.23. The summed E-state index contributed by atoms with van der Waals surface area (Å²) in [5.74, 6) is 0.399. The van der Waals surface area contributed by atoms with Gasteiger partial charge in [0.2, 0.25) is 0 Å². The Labute approximate surface area is 83.5 Å². The molecule has 13 heavy (non-hydrogen) atoms. The van der Waals surface area contributed by atoms with Crippen LogP contribution in [0.1, 0.15) is 30.0 Å². The third kappa shape index (κ3) is 1.52. The number of aromatic nitrogens is 1. The Balaban J connectivity index is 2.60. The zero-order valence-corrected chi connectivity index (χ0v) is 8.39. The third-order valence-corrected chi connectivity index (χ3v) is 2.72. The Morgan fingerprint density at radius 3 is 2.85 bits per heavy atom. The van der Waals surface area contributed by atoms with Gasteiger partial charge in [-0.05, 0) is 34.8 Å². The maximum Gasteiger partial charge on any atom is 0.262 e. The fourth-order valence-corrected chi connectivity index (χ4v) is 1.63. The van der Waals surface area contributed by atoms with Gasteiger partial charge in [-0.3, -0.25) is 4.79 Å². The Hall–Kier alpha value is -1.08. The van der Waals surface area contributed by atoms with E-state index in [1.165, 1.54) is 0 Å². The van der Waals surface area contributed by atoms with Crippen LogP contribution in [0.2, 0.25) is 0 Å². The summed E-state index contributed by atoms with van der Waals surface area (Å²) in [4.78, 5) is 14.0. The highest BCUT2D eigenvalue weighted by Crippen LogP contribution is 2.40. The summed E-state index contributed by atoms with van der Waals surface area (Å²) in [6.45, 7) is 0. The second kappa shape index (κ2) is 3.00. The average molecular weight is 239 g/mol. The number of nitriles is 1. The molecule has 2 rings (SSSR count). The van der Waals surface area contributed by atoms with E-state index in [0.717, 1.165) is 18.5 Å². The molecule has 1 aromatic heterocycles. The quantitative estimate of drug-likeness (QED) is 0.813. The highest BCUT2D eigenvalue weighted by Gasteiger charge is 2.27. The van der Waals surface area contributed by atoms with E-state index >= 15 is 0 Å². The van der Waals surface area contributed by atoms with Crippen molar-refractivity contribution in [3.63, 3.8) is 0 Å². The molecular weight excluding hydrogens is 232 g/mol. The van der Waals surface area contributed by atoms with Crippen molar-refractivity contribution in [1.29, 1.82) is 5.26 Å². The van der Waals surface area contributed by atoms with Crippen LogP contribution in [0.5, 0.6) is 0 Å². The number of H-pyrrole nitrogens is 1. The smallest absolute Gasteiger partial charge is 0.262 e. The maximum absolute atomic E-state index is 11.2. The first kappa shape index (κ1) is 8.52. The number of nitrogens with one attached hydrogen (secondary N) is 1. The molecule has 0 radical (unpaired) electrons. The monoisotopic (exact) mass is 238 g/mol. The zero-order chi connectivity index (χ0) is 9.42. The molecule has 0 spiro atoms. The van der Waals surface area contributed by atoms with Crippen LogP contribution in [-0.4, -0.2) is 4.98 Å². The Morgan fingerprint density at radius 2 is 2.31 bits per heavy atom. The van der Waals surface area contributed by atoms with E-state index in [1.807, 2.05) is 0 Å². The first-order valence-corrected chi connectivity index (χ1v) is 4.84. The molecule has 1 aliphatic rings. The van der Waals surface area contributed by atoms with Crippen LogP contribution in [0.4, 0.5) is 0 Å².